The number of fused-ring (bicyclic) bond motifs is 1. The predicted molar refractivity (Wildman–Crippen MR) is 120 cm³/mol. The normalized spacial score (nSPS) is 14.7. The average molecular weight is 421 g/mol. The van der Waals surface area contributed by atoms with Gasteiger partial charge in [0.05, 0.1) is 5.56 Å². The first-order valence-corrected chi connectivity index (χ1v) is 10.8. The summed E-state index contributed by atoms with van der Waals surface area (Å²) in [7, 11) is 0. The van der Waals surface area contributed by atoms with E-state index in [-0.39, 0.29) is 29.6 Å². The Bertz CT molecular complexity index is 1110. The van der Waals surface area contributed by atoms with Gasteiger partial charge in [0.1, 0.15) is 11.8 Å². The number of carbonyl (C=O) groups is 2. The maximum absolute atomic E-state index is 13.4. The lowest BCUT2D eigenvalue weighted by atomic mass is 9.96. The number of hydrogen-bond acceptors (Lipinski definition) is 5. The van der Waals surface area contributed by atoms with Crippen molar-refractivity contribution in [1.82, 2.24) is 19.9 Å². The van der Waals surface area contributed by atoms with Crippen molar-refractivity contribution in [1.29, 1.82) is 0 Å². The number of anilines is 2. The second kappa shape index (κ2) is 8.75. The number of urea groups is 1. The molecule has 31 heavy (non-hydrogen) atoms. The van der Waals surface area contributed by atoms with E-state index in [0.29, 0.717) is 22.3 Å². The van der Waals surface area contributed by atoms with Crippen LogP contribution >= 0.6 is 0 Å². The van der Waals surface area contributed by atoms with Crippen LogP contribution in [0.1, 0.15) is 73.5 Å². The van der Waals surface area contributed by atoms with Gasteiger partial charge in [0.25, 0.3) is 0 Å². The topological polar surface area (TPSA) is 114 Å². The molecule has 2 heterocycles. The summed E-state index contributed by atoms with van der Waals surface area (Å²) in [6.45, 7) is 4.06. The molecule has 8 nitrogen and oxygen atoms in total. The maximum atomic E-state index is 13.4. The van der Waals surface area contributed by atoms with E-state index >= 15 is 0 Å². The summed E-state index contributed by atoms with van der Waals surface area (Å²) in [5.74, 6) is 0.216. The van der Waals surface area contributed by atoms with Crippen molar-refractivity contribution in [2.75, 3.05) is 11.1 Å². The van der Waals surface area contributed by atoms with Gasteiger partial charge in [-0.1, -0.05) is 45.2 Å². The zero-order valence-corrected chi connectivity index (χ0v) is 17.9. The highest BCUT2D eigenvalue weighted by atomic mass is 16.2. The molecule has 3 aromatic rings. The van der Waals surface area contributed by atoms with Crippen molar-refractivity contribution in [2.24, 2.45) is 0 Å². The Hall–Kier alpha value is -3.42. The third kappa shape index (κ3) is 4.38. The Balaban J connectivity index is 1.58. The van der Waals surface area contributed by atoms with Gasteiger partial charge in [0.15, 0.2) is 11.6 Å². The van der Waals surface area contributed by atoms with Crippen LogP contribution in [0.25, 0.3) is 5.52 Å². The molecular weight excluding hydrogens is 392 g/mol. The zero-order valence-electron chi connectivity index (χ0n) is 17.9. The molecule has 0 radical (unpaired) electrons. The van der Waals surface area contributed by atoms with Crippen LogP contribution in [0.2, 0.25) is 0 Å². The third-order valence-electron chi connectivity index (χ3n) is 5.77. The Labute approximate surface area is 181 Å². The molecule has 0 spiro atoms. The monoisotopic (exact) mass is 420 g/mol. The van der Waals surface area contributed by atoms with Gasteiger partial charge < -0.3 is 16.4 Å². The van der Waals surface area contributed by atoms with E-state index in [1.165, 1.54) is 12.7 Å². The Kier molecular flexibility index (Phi) is 5.88. The van der Waals surface area contributed by atoms with Crippen LogP contribution in [0, 0.1) is 0 Å². The minimum atomic E-state index is -0.245. The van der Waals surface area contributed by atoms with Gasteiger partial charge in [0.2, 0.25) is 0 Å². The molecule has 2 amide bonds. The highest BCUT2D eigenvalue weighted by molar-refractivity contribution is 6.15. The number of nitrogens with zero attached hydrogens (tertiary/aromatic N) is 3. The van der Waals surface area contributed by atoms with Crippen LogP contribution in [0.15, 0.2) is 36.7 Å². The number of carbonyl (C=O) groups excluding carboxylic acids is 2. The van der Waals surface area contributed by atoms with Gasteiger partial charge in [-0.3, -0.25) is 4.79 Å². The van der Waals surface area contributed by atoms with Crippen molar-refractivity contribution in [3.8, 4) is 0 Å². The molecule has 1 aliphatic carbocycles. The fourth-order valence-electron chi connectivity index (χ4n) is 4.17. The molecule has 1 aliphatic rings. The molecule has 0 unspecified atom stereocenters. The summed E-state index contributed by atoms with van der Waals surface area (Å²) in [6.07, 6.45) is 6.92. The molecular formula is C23H28N6O2. The lowest BCUT2D eigenvalue weighted by molar-refractivity contribution is 0.104. The molecule has 0 aliphatic heterocycles. The fourth-order valence-corrected chi connectivity index (χ4v) is 4.17. The van der Waals surface area contributed by atoms with E-state index in [4.69, 9.17) is 5.73 Å². The minimum Gasteiger partial charge on any atom is -0.382 e. The SMILES string of the molecule is CC(C)c1cc(C(=O)c2cccc(NC(=O)NC3CCCCC3)c2)c2c(N)ncnn12. The number of ketones is 1. The largest absolute Gasteiger partial charge is 0.382 e. The number of nitrogen functional groups attached to an aromatic ring is 1. The van der Waals surface area contributed by atoms with Gasteiger partial charge >= 0.3 is 6.03 Å². The molecule has 4 rings (SSSR count). The molecule has 2 aromatic heterocycles. The summed E-state index contributed by atoms with van der Waals surface area (Å²) in [4.78, 5) is 29.8. The second-order valence-corrected chi connectivity index (χ2v) is 8.39. The first-order chi connectivity index (χ1) is 14.9. The lowest BCUT2D eigenvalue weighted by Gasteiger charge is -2.22. The van der Waals surface area contributed by atoms with Crippen molar-refractivity contribution in [3.63, 3.8) is 0 Å². The van der Waals surface area contributed by atoms with E-state index in [9.17, 15) is 9.59 Å². The van der Waals surface area contributed by atoms with Crippen LogP contribution in [0.3, 0.4) is 0 Å². The smallest absolute Gasteiger partial charge is 0.319 e. The molecule has 8 heteroatoms. The summed E-state index contributed by atoms with van der Waals surface area (Å²) in [5.41, 5.74) is 8.94. The van der Waals surface area contributed by atoms with Crippen LogP contribution in [-0.2, 0) is 0 Å². The zero-order chi connectivity index (χ0) is 22.0. The van der Waals surface area contributed by atoms with Crippen LogP contribution in [0.5, 0.6) is 0 Å². The van der Waals surface area contributed by atoms with E-state index < -0.39 is 0 Å². The lowest BCUT2D eigenvalue weighted by Crippen LogP contribution is -2.39. The predicted octanol–water partition coefficient (Wildman–Crippen LogP) is 4.12. The van der Waals surface area contributed by atoms with Crippen molar-refractivity contribution < 1.29 is 9.59 Å². The van der Waals surface area contributed by atoms with Gasteiger partial charge in [0, 0.05) is 23.0 Å². The third-order valence-corrected chi connectivity index (χ3v) is 5.77. The number of nitrogens with one attached hydrogen (secondary N) is 2. The standard InChI is InChI=1S/C23H28N6O2/c1-14(2)19-12-18(20-22(24)25-13-26-29(19)20)21(30)15-7-6-10-17(11-15)28-23(31)27-16-8-4-3-5-9-16/h6-7,10-14,16H,3-5,8-9H2,1-2H3,(H2,24,25,26)(H2,27,28,31). The first-order valence-electron chi connectivity index (χ1n) is 10.8. The fraction of sp³-hybridized carbons (Fsp3) is 0.391. The Morgan fingerprint density at radius 1 is 1.16 bits per heavy atom. The minimum absolute atomic E-state index is 0.153. The second-order valence-electron chi connectivity index (χ2n) is 8.39. The first kappa shape index (κ1) is 20.8. The van der Waals surface area contributed by atoms with E-state index in [0.717, 1.165) is 31.4 Å². The quantitative estimate of drug-likeness (QED) is 0.537. The molecule has 0 atom stereocenters. The number of aromatic nitrogens is 3. The Morgan fingerprint density at radius 3 is 2.68 bits per heavy atom. The molecule has 1 aromatic carbocycles. The van der Waals surface area contributed by atoms with Crippen LogP contribution in [0.4, 0.5) is 16.3 Å². The van der Waals surface area contributed by atoms with Crippen molar-refractivity contribution in [2.45, 2.75) is 57.9 Å². The van der Waals surface area contributed by atoms with Gasteiger partial charge in [-0.25, -0.2) is 14.3 Å². The van der Waals surface area contributed by atoms with Crippen molar-refractivity contribution >= 4 is 28.8 Å². The van der Waals surface area contributed by atoms with Gasteiger partial charge in [-0.05, 0) is 37.0 Å². The highest BCUT2D eigenvalue weighted by Gasteiger charge is 2.22. The number of hydrogen-bond donors (Lipinski definition) is 3. The summed E-state index contributed by atoms with van der Waals surface area (Å²) in [6, 6.07) is 8.72. The number of rotatable bonds is 5. The summed E-state index contributed by atoms with van der Waals surface area (Å²) in [5, 5.41) is 10.2. The molecule has 0 saturated heterocycles. The number of benzene rings is 1. The average Bonchev–Trinajstić information content (AvgIpc) is 3.15. The summed E-state index contributed by atoms with van der Waals surface area (Å²) < 4.78 is 1.68. The highest BCUT2D eigenvalue weighted by Crippen LogP contribution is 2.27. The molecule has 1 fully saturated rings. The number of nitrogens with two attached hydrogens (primary N) is 1. The van der Waals surface area contributed by atoms with E-state index in [1.54, 1.807) is 28.8 Å². The molecule has 4 N–H and O–H groups in total. The number of amides is 2. The van der Waals surface area contributed by atoms with Gasteiger partial charge in [-0.15, -0.1) is 0 Å². The van der Waals surface area contributed by atoms with E-state index in [2.05, 4.69) is 20.7 Å². The van der Waals surface area contributed by atoms with E-state index in [1.807, 2.05) is 19.9 Å². The maximum Gasteiger partial charge on any atom is 0.319 e. The van der Waals surface area contributed by atoms with Crippen LogP contribution in [-0.4, -0.2) is 32.5 Å². The van der Waals surface area contributed by atoms with Crippen LogP contribution < -0.4 is 16.4 Å². The van der Waals surface area contributed by atoms with Gasteiger partial charge in [-0.2, -0.15) is 5.10 Å². The summed E-state index contributed by atoms with van der Waals surface area (Å²) >= 11 is 0. The van der Waals surface area contributed by atoms with Crippen molar-refractivity contribution in [3.05, 3.63) is 53.5 Å². The molecule has 162 valence electrons. The molecule has 1 saturated carbocycles. The Morgan fingerprint density at radius 2 is 1.94 bits per heavy atom. The molecule has 0 bridgehead atoms.